The van der Waals surface area contributed by atoms with Crippen molar-refractivity contribution in [2.45, 2.75) is 44.9 Å². The summed E-state index contributed by atoms with van der Waals surface area (Å²) in [5.74, 6) is 0.226. The molecule has 0 unspecified atom stereocenters. The van der Waals surface area contributed by atoms with Crippen LogP contribution in [0.25, 0.3) is 0 Å². The van der Waals surface area contributed by atoms with Crippen LogP contribution in [0.4, 0.5) is 0 Å². The first-order chi connectivity index (χ1) is 13.7. The average molecular weight is 415 g/mol. The van der Waals surface area contributed by atoms with Crippen LogP contribution >= 0.6 is 0 Å². The first-order valence-corrected chi connectivity index (χ1v) is 11.5. The molecule has 1 atom stereocenters. The molecule has 3 rings (SSSR count). The fraction of sp³-hybridized carbons (Fsp3) is 0.435. The second kappa shape index (κ2) is 8.67. The van der Waals surface area contributed by atoms with Crippen LogP contribution in [-0.4, -0.2) is 49.7 Å². The van der Waals surface area contributed by atoms with Gasteiger partial charge in [-0.3, -0.25) is 4.79 Å². The number of amides is 1. The van der Waals surface area contributed by atoms with Gasteiger partial charge in [0.25, 0.3) is 0 Å². The molecule has 0 spiro atoms. The van der Waals surface area contributed by atoms with Crippen molar-refractivity contribution in [3.05, 3.63) is 64.7 Å². The molecular weight excluding hydrogens is 384 g/mol. The van der Waals surface area contributed by atoms with Gasteiger partial charge in [0.1, 0.15) is 0 Å². The van der Waals surface area contributed by atoms with Crippen LogP contribution < -0.4 is 0 Å². The molecular formula is C23H30N2O3S. The minimum absolute atomic E-state index is 0.0844. The molecule has 1 aliphatic heterocycles. The standard InChI is InChI=1S/C23H30N2O3S/c1-17-14-19(3)23(20(4)15-17)29(27,28)25-12-10-24(11-13-25)22(26)16-18(2)21-8-6-5-7-9-21/h5-9,14-15,18H,10-13,16H2,1-4H3/t18-/m0/s1. The van der Waals surface area contributed by atoms with Crippen LogP contribution in [0.1, 0.15) is 41.5 Å². The Morgan fingerprint density at radius 2 is 1.52 bits per heavy atom. The second-order valence-corrected chi connectivity index (χ2v) is 9.90. The first kappa shape index (κ1) is 21.5. The summed E-state index contributed by atoms with van der Waals surface area (Å²) in [6.07, 6.45) is 0.437. The van der Waals surface area contributed by atoms with Gasteiger partial charge in [0.2, 0.25) is 15.9 Å². The van der Waals surface area contributed by atoms with Crippen LogP contribution in [0.3, 0.4) is 0 Å². The summed E-state index contributed by atoms with van der Waals surface area (Å²) in [5.41, 5.74) is 3.75. The van der Waals surface area contributed by atoms with E-state index in [-0.39, 0.29) is 11.8 Å². The number of carbonyl (C=O) groups excluding carboxylic acids is 1. The third kappa shape index (κ3) is 4.70. The zero-order valence-corrected chi connectivity index (χ0v) is 18.5. The minimum atomic E-state index is -3.56. The zero-order chi connectivity index (χ0) is 21.2. The number of carbonyl (C=O) groups is 1. The fourth-order valence-electron chi connectivity index (χ4n) is 4.17. The van der Waals surface area contributed by atoms with E-state index in [0.29, 0.717) is 37.5 Å². The first-order valence-electron chi connectivity index (χ1n) is 10.1. The molecule has 2 aromatic carbocycles. The molecule has 0 saturated carbocycles. The predicted octanol–water partition coefficient (Wildman–Crippen LogP) is 3.64. The number of aryl methyl sites for hydroxylation is 3. The van der Waals surface area contributed by atoms with Gasteiger partial charge in [0.15, 0.2) is 0 Å². The Kier molecular flexibility index (Phi) is 6.44. The predicted molar refractivity (Wildman–Crippen MR) is 115 cm³/mol. The number of hydrogen-bond acceptors (Lipinski definition) is 3. The summed E-state index contributed by atoms with van der Waals surface area (Å²) in [7, 11) is -3.56. The summed E-state index contributed by atoms with van der Waals surface area (Å²) in [6, 6.07) is 13.8. The smallest absolute Gasteiger partial charge is 0.243 e. The summed E-state index contributed by atoms with van der Waals surface area (Å²) in [5, 5.41) is 0. The van der Waals surface area contributed by atoms with E-state index in [1.165, 1.54) is 4.31 Å². The second-order valence-electron chi connectivity index (χ2n) is 8.03. The van der Waals surface area contributed by atoms with E-state index in [1.54, 1.807) is 4.90 Å². The summed E-state index contributed by atoms with van der Waals surface area (Å²) < 4.78 is 27.9. The average Bonchev–Trinajstić information content (AvgIpc) is 2.67. The monoisotopic (exact) mass is 414 g/mol. The van der Waals surface area contributed by atoms with Gasteiger partial charge >= 0.3 is 0 Å². The molecule has 1 aliphatic rings. The lowest BCUT2D eigenvalue weighted by molar-refractivity contribution is -0.132. The molecule has 0 N–H and O–H groups in total. The molecule has 0 bridgehead atoms. The number of sulfonamides is 1. The topological polar surface area (TPSA) is 57.7 Å². The molecule has 1 fully saturated rings. The summed E-state index contributed by atoms with van der Waals surface area (Å²) in [6.45, 7) is 9.25. The highest BCUT2D eigenvalue weighted by Gasteiger charge is 2.32. The molecule has 1 saturated heterocycles. The number of piperazine rings is 1. The van der Waals surface area contributed by atoms with Crippen molar-refractivity contribution in [3.63, 3.8) is 0 Å². The van der Waals surface area contributed by atoms with Crippen LogP contribution in [0.5, 0.6) is 0 Å². The third-order valence-corrected chi connectivity index (χ3v) is 7.85. The molecule has 0 aliphatic carbocycles. The Morgan fingerprint density at radius 1 is 0.966 bits per heavy atom. The minimum Gasteiger partial charge on any atom is -0.340 e. The highest BCUT2D eigenvalue weighted by Crippen LogP contribution is 2.26. The normalized spacial score (nSPS) is 16.6. The Balaban J connectivity index is 1.65. The Hall–Kier alpha value is -2.18. The van der Waals surface area contributed by atoms with E-state index in [9.17, 15) is 13.2 Å². The van der Waals surface area contributed by atoms with E-state index >= 15 is 0 Å². The molecule has 6 heteroatoms. The van der Waals surface area contributed by atoms with Crippen LogP contribution in [0.15, 0.2) is 47.4 Å². The van der Waals surface area contributed by atoms with Crippen molar-refractivity contribution in [1.82, 2.24) is 9.21 Å². The van der Waals surface area contributed by atoms with Crippen molar-refractivity contribution >= 4 is 15.9 Å². The fourth-order valence-corrected chi connectivity index (χ4v) is 6.00. The SMILES string of the molecule is Cc1cc(C)c(S(=O)(=O)N2CCN(C(=O)C[C@H](C)c3ccccc3)CC2)c(C)c1. The molecule has 0 radical (unpaired) electrons. The molecule has 29 heavy (non-hydrogen) atoms. The van der Waals surface area contributed by atoms with Gasteiger partial charge in [0, 0.05) is 32.6 Å². The Labute approximate surface area is 174 Å². The molecule has 1 heterocycles. The molecule has 0 aromatic heterocycles. The van der Waals surface area contributed by atoms with Gasteiger partial charge in [-0.05, 0) is 43.4 Å². The maximum Gasteiger partial charge on any atom is 0.243 e. The maximum atomic E-state index is 13.2. The zero-order valence-electron chi connectivity index (χ0n) is 17.7. The largest absolute Gasteiger partial charge is 0.340 e. The lowest BCUT2D eigenvalue weighted by Crippen LogP contribution is -2.50. The van der Waals surface area contributed by atoms with Gasteiger partial charge < -0.3 is 4.90 Å². The van der Waals surface area contributed by atoms with Crippen molar-refractivity contribution in [2.24, 2.45) is 0 Å². The van der Waals surface area contributed by atoms with E-state index in [2.05, 4.69) is 6.92 Å². The molecule has 2 aromatic rings. The van der Waals surface area contributed by atoms with E-state index < -0.39 is 10.0 Å². The van der Waals surface area contributed by atoms with Crippen molar-refractivity contribution in [3.8, 4) is 0 Å². The van der Waals surface area contributed by atoms with Gasteiger partial charge in [-0.25, -0.2) is 8.42 Å². The highest BCUT2D eigenvalue weighted by atomic mass is 32.2. The van der Waals surface area contributed by atoms with Crippen molar-refractivity contribution in [1.29, 1.82) is 0 Å². The van der Waals surface area contributed by atoms with E-state index in [0.717, 1.165) is 22.3 Å². The third-order valence-electron chi connectivity index (χ3n) is 5.64. The van der Waals surface area contributed by atoms with Crippen molar-refractivity contribution < 1.29 is 13.2 Å². The summed E-state index contributed by atoms with van der Waals surface area (Å²) in [4.78, 5) is 14.9. The molecule has 156 valence electrons. The molecule has 5 nitrogen and oxygen atoms in total. The van der Waals surface area contributed by atoms with Crippen LogP contribution in [-0.2, 0) is 14.8 Å². The van der Waals surface area contributed by atoms with Gasteiger partial charge in [-0.1, -0.05) is 55.0 Å². The molecule has 1 amide bonds. The van der Waals surface area contributed by atoms with Gasteiger partial charge in [-0.2, -0.15) is 4.31 Å². The lowest BCUT2D eigenvalue weighted by Gasteiger charge is -2.35. The van der Waals surface area contributed by atoms with Gasteiger partial charge in [-0.15, -0.1) is 0 Å². The number of rotatable bonds is 5. The van der Waals surface area contributed by atoms with Crippen LogP contribution in [0, 0.1) is 20.8 Å². The van der Waals surface area contributed by atoms with Crippen LogP contribution in [0.2, 0.25) is 0 Å². The van der Waals surface area contributed by atoms with E-state index in [1.807, 2.05) is 63.2 Å². The number of benzene rings is 2. The highest BCUT2D eigenvalue weighted by molar-refractivity contribution is 7.89. The van der Waals surface area contributed by atoms with Gasteiger partial charge in [0.05, 0.1) is 4.90 Å². The van der Waals surface area contributed by atoms with E-state index in [4.69, 9.17) is 0 Å². The number of nitrogens with zero attached hydrogens (tertiary/aromatic N) is 2. The Bertz CT molecular complexity index is 955. The van der Waals surface area contributed by atoms with Crippen molar-refractivity contribution in [2.75, 3.05) is 26.2 Å². The Morgan fingerprint density at radius 3 is 2.07 bits per heavy atom. The lowest BCUT2D eigenvalue weighted by atomic mass is 9.97. The quantitative estimate of drug-likeness (QED) is 0.751. The summed E-state index contributed by atoms with van der Waals surface area (Å²) >= 11 is 0. The number of hydrogen-bond donors (Lipinski definition) is 0. The maximum absolute atomic E-state index is 13.2.